The molecule has 0 aliphatic carbocycles. The molecule has 1 saturated heterocycles. The number of hydrogen-bond donors (Lipinski definition) is 1. The Balaban J connectivity index is 1.53. The third kappa shape index (κ3) is 4.35. The van der Waals surface area contributed by atoms with Gasteiger partial charge >= 0.3 is 0 Å². The molecule has 24 heavy (non-hydrogen) atoms. The van der Waals surface area contributed by atoms with Gasteiger partial charge in [-0.15, -0.1) is 0 Å². The van der Waals surface area contributed by atoms with Crippen molar-refractivity contribution in [3.05, 3.63) is 42.7 Å². The zero-order valence-electron chi connectivity index (χ0n) is 14.0. The van der Waals surface area contributed by atoms with Crippen LogP contribution in [-0.2, 0) is 16.1 Å². The molecule has 0 unspecified atom stereocenters. The summed E-state index contributed by atoms with van der Waals surface area (Å²) < 4.78 is 7.44. The standard InChI is InChI=1S/C18H24N4O2/c1-2-21(16-7-4-3-5-8-16)14-18(23)20-15-11-19-22(12-15)13-17-9-6-10-24-17/h3-5,7-8,11-12,17H,2,6,9-10,13-14H2,1H3,(H,20,23)/t17-/m0/s1. The lowest BCUT2D eigenvalue weighted by molar-refractivity contribution is -0.115. The molecule has 2 heterocycles. The summed E-state index contributed by atoms with van der Waals surface area (Å²) in [7, 11) is 0. The van der Waals surface area contributed by atoms with E-state index in [4.69, 9.17) is 4.74 Å². The minimum atomic E-state index is -0.0441. The predicted octanol–water partition coefficient (Wildman–Crippen LogP) is 2.53. The van der Waals surface area contributed by atoms with E-state index in [0.717, 1.165) is 43.9 Å². The van der Waals surface area contributed by atoms with Gasteiger partial charge in [0, 0.05) is 25.0 Å². The normalized spacial score (nSPS) is 17.0. The monoisotopic (exact) mass is 328 g/mol. The first-order valence-electron chi connectivity index (χ1n) is 8.48. The van der Waals surface area contributed by atoms with Crippen molar-refractivity contribution in [2.24, 2.45) is 0 Å². The van der Waals surface area contributed by atoms with E-state index in [9.17, 15) is 4.79 Å². The number of likely N-dealkylation sites (N-methyl/N-ethyl adjacent to an activating group) is 1. The number of hydrogen-bond acceptors (Lipinski definition) is 4. The van der Waals surface area contributed by atoms with Crippen molar-refractivity contribution in [3.63, 3.8) is 0 Å². The topological polar surface area (TPSA) is 59.4 Å². The average Bonchev–Trinajstić information content (AvgIpc) is 3.26. The van der Waals surface area contributed by atoms with Gasteiger partial charge in [-0.05, 0) is 31.9 Å². The quantitative estimate of drug-likeness (QED) is 0.848. The molecular weight excluding hydrogens is 304 g/mol. The minimum absolute atomic E-state index is 0.0441. The second kappa shape index (κ2) is 7.97. The van der Waals surface area contributed by atoms with E-state index >= 15 is 0 Å². The van der Waals surface area contributed by atoms with Crippen LogP contribution in [0.15, 0.2) is 42.7 Å². The number of ether oxygens (including phenoxy) is 1. The lowest BCUT2D eigenvalue weighted by Crippen LogP contribution is -2.33. The van der Waals surface area contributed by atoms with Gasteiger partial charge in [0.25, 0.3) is 0 Å². The maximum Gasteiger partial charge on any atom is 0.243 e. The predicted molar refractivity (Wildman–Crippen MR) is 94.2 cm³/mol. The number of para-hydroxylation sites is 1. The molecule has 1 aliphatic rings. The van der Waals surface area contributed by atoms with Gasteiger partial charge in [-0.3, -0.25) is 9.48 Å². The molecule has 1 aliphatic heterocycles. The molecule has 0 saturated carbocycles. The third-order valence-electron chi connectivity index (χ3n) is 4.17. The van der Waals surface area contributed by atoms with Crippen molar-refractivity contribution in [1.82, 2.24) is 9.78 Å². The van der Waals surface area contributed by atoms with Gasteiger partial charge in [-0.2, -0.15) is 5.10 Å². The number of benzene rings is 1. The number of rotatable bonds is 7. The number of carbonyl (C=O) groups excluding carboxylic acids is 1. The Bertz CT molecular complexity index is 650. The van der Waals surface area contributed by atoms with Gasteiger partial charge in [0.1, 0.15) is 0 Å². The largest absolute Gasteiger partial charge is 0.376 e. The van der Waals surface area contributed by atoms with Crippen LogP contribution in [0.4, 0.5) is 11.4 Å². The maximum absolute atomic E-state index is 12.3. The fourth-order valence-corrected chi connectivity index (χ4v) is 2.92. The van der Waals surface area contributed by atoms with Crippen LogP contribution in [0.2, 0.25) is 0 Å². The second-order valence-corrected chi connectivity index (χ2v) is 5.98. The first-order valence-corrected chi connectivity index (χ1v) is 8.48. The molecule has 0 radical (unpaired) electrons. The first-order chi connectivity index (χ1) is 11.7. The van der Waals surface area contributed by atoms with Crippen molar-refractivity contribution in [3.8, 4) is 0 Å². The summed E-state index contributed by atoms with van der Waals surface area (Å²) >= 11 is 0. The molecule has 1 atom stereocenters. The Kier molecular flexibility index (Phi) is 5.48. The van der Waals surface area contributed by atoms with Gasteiger partial charge in [0.2, 0.25) is 5.91 Å². The van der Waals surface area contributed by atoms with E-state index in [1.54, 1.807) is 6.20 Å². The molecule has 6 heteroatoms. The van der Waals surface area contributed by atoms with Crippen LogP contribution in [0, 0.1) is 0 Å². The van der Waals surface area contributed by atoms with Crippen LogP contribution >= 0.6 is 0 Å². The highest BCUT2D eigenvalue weighted by Gasteiger charge is 2.17. The van der Waals surface area contributed by atoms with Crippen molar-refractivity contribution >= 4 is 17.3 Å². The van der Waals surface area contributed by atoms with E-state index in [2.05, 4.69) is 10.4 Å². The Labute approximate surface area is 142 Å². The van der Waals surface area contributed by atoms with E-state index in [1.807, 2.05) is 53.0 Å². The van der Waals surface area contributed by atoms with Crippen LogP contribution in [0.3, 0.4) is 0 Å². The van der Waals surface area contributed by atoms with Gasteiger partial charge in [0.15, 0.2) is 0 Å². The summed E-state index contributed by atoms with van der Waals surface area (Å²) in [5, 5.41) is 7.22. The molecule has 0 spiro atoms. The average molecular weight is 328 g/mol. The van der Waals surface area contributed by atoms with Crippen LogP contribution in [0.5, 0.6) is 0 Å². The second-order valence-electron chi connectivity index (χ2n) is 5.98. The third-order valence-corrected chi connectivity index (χ3v) is 4.17. The highest BCUT2D eigenvalue weighted by Crippen LogP contribution is 2.15. The Morgan fingerprint density at radius 3 is 2.96 bits per heavy atom. The van der Waals surface area contributed by atoms with Crippen molar-refractivity contribution in [2.75, 3.05) is 29.9 Å². The zero-order chi connectivity index (χ0) is 16.8. The number of nitrogens with one attached hydrogen (secondary N) is 1. The summed E-state index contributed by atoms with van der Waals surface area (Å²) in [6, 6.07) is 9.95. The molecule has 128 valence electrons. The summed E-state index contributed by atoms with van der Waals surface area (Å²) in [6.07, 6.45) is 5.97. The smallest absolute Gasteiger partial charge is 0.243 e. The van der Waals surface area contributed by atoms with Gasteiger partial charge in [-0.1, -0.05) is 18.2 Å². The minimum Gasteiger partial charge on any atom is -0.376 e. The van der Waals surface area contributed by atoms with Crippen LogP contribution in [-0.4, -0.2) is 41.5 Å². The SMILES string of the molecule is CCN(CC(=O)Nc1cnn(C[C@@H]2CCCO2)c1)c1ccccc1. The fraction of sp³-hybridized carbons (Fsp3) is 0.444. The molecule has 6 nitrogen and oxygen atoms in total. The molecule has 3 rings (SSSR count). The molecule has 1 aromatic heterocycles. The maximum atomic E-state index is 12.3. The summed E-state index contributed by atoms with van der Waals surface area (Å²) in [5.74, 6) is -0.0441. The Hall–Kier alpha value is -2.34. The van der Waals surface area contributed by atoms with Gasteiger partial charge in [-0.25, -0.2) is 0 Å². The number of aromatic nitrogens is 2. The molecule has 1 amide bonds. The van der Waals surface area contributed by atoms with Crippen molar-refractivity contribution in [1.29, 1.82) is 0 Å². The summed E-state index contributed by atoms with van der Waals surface area (Å²) in [6.45, 7) is 4.70. The van der Waals surface area contributed by atoms with Crippen LogP contribution in [0.25, 0.3) is 0 Å². The number of carbonyl (C=O) groups is 1. The number of amides is 1. The molecule has 1 fully saturated rings. The van der Waals surface area contributed by atoms with E-state index < -0.39 is 0 Å². The van der Waals surface area contributed by atoms with Crippen LogP contribution < -0.4 is 10.2 Å². The van der Waals surface area contributed by atoms with E-state index in [-0.39, 0.29) is 12.0 Å². The van der Waals surface area contributed by atoms with Crippen molar-refractivity contribution < 1.29 is 9.53 Å². The van der Waals surface area contributed by atoms with E-state index in [0.29, 0.717) is 6.54 Å². The lowest BCUT2D eigenvalue weighted by Gasteiger charge is -2.22. The molecule has 0 bridgehead atoms. The lowest BCUT2D eigenvalue weighted by atomic mass is 10.2. The molecular formula is C18H24N4O2. The number of anilines is 2. The van der Waals surface area contributed by atoms with Crippen molar-refractivity contribution in [2.45, 2.75) is 32.4 Å². The van der Waals surface area contributed by atoms with Gasteiger partial charge < -0.3 is 15.0 Å². The Morgan fingerprint density at radius 1 is 1.42 bits per heavy atom. The summed E-state index contributed by atoms with van der Waals surface area (Å²) in [5.41, 5.74) is 1.77. The zero-order valence-corrected chi connectivity index (χ0v) is 14.0. The highest BCUT2D eigenvalue weighted by molar-refractivity contribution is 5.93. The molecule has 2 aromatic rings. The first kappa shape index (κ1) is 16.5. The fourth-order valence-electron chi connectivity index (χ4n) is 2.92. The van der Waals surface area contributed by atoms with E-state index in [1.165, 1.54) is 0 Å². The highest BCUT2D eigenvalue weighted by atomic mass is 16.5. The van der Waals surface area contributed by atoms with Gasteiger partial charge in [0.05, 0.1) is 31.1 Å². The van der Waals surface area contributed by atoms with Crippen LogP contribution in [0.1, 0.15) is 19.8 Å². The molecule has 1 aromatic carbocycles. The Morgan fingerprint density at radius 2 is 2.25 bits per heavy atom. The number of nitrogens with zero attached hydrogens (tertiary/aromatic N) is 3. The summed E-state index contributed by atoms with van der Waals surface area (Å²) in [4.78, 5) is 14.3. The molecule has 1 N–H and O–H groups in total.